The van der Waals surface area contributed by atoms with Crippen LogP contribution in [0.5, 0.6) is 5.75 Å². The molecule has 1 heterocycles. The Kier molecular flexibility index (Phi) is 7.46. The van der Waals surface area contributed by atoms with Gasteiger partial charge in [-0.25, -0.2) is 4.21 Å². The van der Waals surface area contributed by atoms with Gasteiger partial charge in [-0.2, -0.15) is 5.26 Å². The third-order valence-corrected chi connectivity index (χ3v) is 6.25. The average molecular weight is 412 g/mol. The Morgan fingerprint density at radius 3 is 2.28 bits per heavy atom. The SMILES string of the molecule is CC.COc1ccc2c(C#N)c(-c3ccc(N(C)S(=O)C(C)C)cc3)n(C)c2c1. The van der Waals surface area contributed by atoms with E-state index >= 15 is 0 Å². The molecule has 0 saturated heterocycles. The molecule has 0 fully saturated rings. The zero-order valence-electron chi connectivity index (χ0n) is 18.2. The van der Waals surface area contributed by atoms with Crippen LogP contribution in [0.25, 0.3) is 22.2 Å². The summed E-state index contributed by atoms with van der Waals surface area (Å²) < 4.78 is 21.4. The summed E-state index contributed by atoms with van der Waals surface area (Å²) in [4.78, 5) is 0. The quantitative estimate of drug-likeness (QED) is 0.575. The van der Waals surface area contributed by atoms with Gasteiger partial charge < -0.3 is 9.30 Å². The van der Waals surface area contributed by atoms with E-state index in [-0.39, 0.29) is 5.25 Å². The highest BCUT2D eigenvalue weighted by atomic mass is 32.2. The van der Waals surface area contributed by atoms with Gasteiger partial charge in [-0.3, -0.25) is 4.31 Å². The standard InChI is InChI=1S/C21H23N3O2S.C2H6/c1-14(2)27(25)24(4)16-8-6-15(7-9-16)21-19(13-22)18-11-10-17(26-5)12-20(18)23(21)3;1-2/h6-12,14H,1-5H3;1-2H3. The van der Waals surface area contributed by atoms with Crippen molar-refractivity contribution in [3.05, 3.63) is 48.0 Å². The lowest BCUT2D eigenvalue weighted by molar-refractivity contribution is 0.415. The number of fused-ring (bicyclic) bond motifs is 1. The molecule has 0 spiro atoms. The van der Waals surface area contributed by atoms with E-state index in [1.165, 1.54) is 0 Å². The number of hydrogen-bond donors (Lipinski definition) is 0. The molecule has 0 radical (unpaired) electrons. The van der Waals surface area contributed by atoms with Crippen molar-refractivity contribution in [3.8, 4) is 23.1 Å². The van der Waals surface area contributed by atoms with Crippen molar-refractivity contribution in [2.75, 3.05) is 18.5 Å². The van der Waals surface area contributed by atoms with Crippen LogP contribution >= 0.6 is 0 Å². The summed E-state index contributed by atoms with van der Waals surface area (Å²) >= 11 is 0. The topological polar surface area (TPSA) is 58.3 Å². The van der Waals surface area contributed by atoms with Gasteiger partial charge in [0.15, 0.2) is 0 Å². The van der Waals surface area contributed by atoms with E-state index < -0.39 is 11.0 Å². The summed E-state index contributed by atoms with van der Waals surface area (Å²) in [6.07, 6.45) is 0. The van der Waals surface area contributed by atoms with Crippen molar-refractivity contribution < 1.29 is 8.95 Å². The zero-order valence-corrected chi connectivity index (χ0v) is 19.0. The van der Waals surface area contributed by atoms with Gasteiger partial charge in [-0.15, -0.1) is 0 Å². The van der Waals surface area contributed by atoms with Crippen molar-refractivity contribution in [1.82, 2.24) is 4.57 Å². The number of rotatable bonds is 5. The molecule has 2 aromatic carbocycles. The number of aromatic nitrogens is 1. The zero-order chi connectivity index (χ0) is 21.7. The molecule has 6 heteroatoms. The van der Waals surface area contributed by atoms with E-state index in [2.05, 4.69) is 6.07 Å². The van der Waals surface area contributed by atoms with Gasteiger partial charge >= 0.3 is 0 Å². The number of hydrogen-bond acceptors (Lipinski definition) is 3. The van der Waals surface area contributed by atoms with Crippen LogP contribution in [0.1, 0.15) is 33.3 Å². The molecule has 3 aromatic rings. The summed E-state index contributed by atoms with van der Waals surface area (Å²) in [5.41, 5.74) is 4.27. The van der Waals surface area contributed by atoms with Crippen molar-refractivity contribution in [2.45, 2.75) is 32.9 Å². The first-order valence-electron chi connectivity index (χ1n) is 9.70. The number of anilines is 1. The Labute approximate surface area is 176 Å². The van der Waals surface area contributed by atoms with Crippen LogP contribution in [0, 0.1) is 11.3 Å². The number of nitriles is 1. The number of methoxy groups -OCH3 is 1. The van der Waals surface area contributed by atoms with Crippen LogP contribution in [0.2, 0.25) is 0 Å². The van der Waals surface area contributed by atoms with Gasteiger partial charge in [0.1, 0.15) is 22.8 Å². The molecule has 1 aromatic heterocycles. The minimum Gasteiger partial charge on any atom is -0.497 e. The second kappa shape index (κ2) is 9.62. The summed E-state index contributed by atoms with van der Waals surface area (Å²) in [5.74, 6) is 0.757. The molecule has 0 bridgehead atoms. The highest BCUT2D eigenvalue weighted by Gasteiger charge is 2.18. The third kappa shape index (κ3) is 4.30. The van der Waals surface area contributed by atoms with Crippen LogP contribution in [0.3, 0.4) is 0 Å². The molecule has 5 nitrogen and oxygen atoms in total. The Bertz CT molecular complexity index is 1050. The molecule has 0 aliphatic rings. The lowest BCUT2D eigenvalue weighted by Gasteiger charge is -2.20. The molecule has 0 amide bonds. The minimum absolute atomic E-state index is 0.0491. The normalized spacial score (nSPS) is 11.6. The molecule has 0 N–H and O–H groups in total. The maximum absolute atomic E-state index is 12.3. The second-order valence-electron chi connectivity index (χ2n) is 6.65. The lowest BCUT2D eigenvalue weighted by Crippen LogP contribution is -2.26. The first kappa shape index (κ1) is 22.5. The summed E-state index contributed by atoms with van der Waals surface area (Å²) in [6, 6.07) is 15.9. The maximum atomic E-state index is 12.3. The molecule has 0 saturated carbocycles. The molecule has 1 atom stereocenters. The van der Waals surface area contributed by atoms with Crippen LogP contribution < -0.4 is 9.04 Å². The van der Waals surface area contributed by atoms with Crippen molar-refractivity contribution in [3.63, 3.8) is 0 Å². The Morgan fingerprint density at radius 2 is 1.76 bits per heavy atom. The Morgan fingerprint density at radius 1 is 1.14 bits per heavy atom. The molecule has 29 heavy (non-hydrogen) atoms. The first-order valence-corrected chi connectivity index (χ1v) is 10.9. The molecule has 1 unspecified atom stereocenters. The fourth-order valence-corrected chi connectivity index (χ4v) is 4.21. The predicted octanol–water partition coefficient (Wildman–Crippen LogP) is 5.26. The van der Waals surface area contributed by atoms with E-state index in [9.17, 15) is 9.47 Å². The van der Waals surface area contributed by atoms with Gasteiger partial charge in [0.05, 0.1) is 23.9 Å². The minimum atomic E-state index is -1.08. The summed E-state index contributed by atoms with van der Waals surface area (Å²) in [7, 11) is 4.33. The van der Waals surface area contributed by atoms with Crippen molar-refractivity contribution >= 4 is 27.6 Å². The molecular weight excluding hydrogens is 382 g/mol. The van der Waals surface area contributed by atoms with E-state index in [0.717, 1.165) is 33.6 Å². The highest BCUT2D eigenvalue weighted by Crippen LogP contribution is 2.35. The van der Waals surface area contributed by atoms with E-state index in [4.69, 9.17) is 4.74 Å². The third-order valence-electron chi connectivity index (χ3n) is 4.70. The summed E-state index contributed by atoms with van der Waals surface area (Å²) in [5, 5.41) is 10.7. The number of ether oxygens (including phenoxy) is 1. The molecule has 0 aliphatic heterocycles. The van der Waals surface area contributed by atoms with E-state index in [0.29, 0.717) is 5.56 Å². The largest absolute Gasteiger partial charge is 0.497 e. The smallest absolute Gasteiger partial charge is 0.122 e. The van der Waals surface area contributed by atoms with Gasteiger partial charge in [-0.1, -0.05) is 26.0 Å². The Hall–Kier alpha value is -2.78. The lowest BCUT2D eigenvalue weighted by atomic mass is 10.1. The summed E-state index contributed by atoms with van der Waals surface area (Å²) in [6.45, 7) is 7.87. The monoisotopic (exact) mass is 411 g/mol. The van der Waals surface area contributed by atoms with Crippen LogP contribution in [-0.2, 0) is 18.0 Å². The fraction of sp³-hybridized carbons (Fsp3) is 0.348. The highest BCUT2D eigenvalue weighted by molar-refractivity contribution is 7.87. The van der Waals surface area contributed by atoms with Gasteiger partial charge in [0, 0.05) is 36.5 Å². The van der Waals surface area contributed by atoms with Gasteiger partial charge in [0.25, 0.3) is 0 Å². The maximum Gasteiger partial charge on any atom is 0.122 e. The molecule has 154 valence electrons. The van der Waals surface area contributed by atoms with Crippen LogP contribution in [0.15, 0.2) is 42.5 Å². The van der Waals surface area contributed by atoms with Gasteiger partial charge in [0.2, 0.25) is 0 Å². The van der Waals surface area contributed by atoms with Crippen LogP contribution in [-0.4, -0.2) is 28.2 Å². The first-order chi connectivity index (χ1) is 13.9. The second-order valence-corrected chi connectivity index (χ2v) is 8.69. The molecular formula is C23H29N3O2S. The van der Waals surface area contributed by atoms with Gasteiger partial charge in [-0.05, 0) is 43.7 Å². The predicted molar refractivity (Wildman–Crippen MR) is 123 cm³/mol. The fourth-order valence-electron chi connectivity index (χ4n) is 3.24. The van der Waals surface area contributed by atoms with E-state index in [1.54, 1.807) is 11.4 Å². The average Bonchev–Trinajstić information content (AvgIpc) is 3.05. The molecule has 0 aliphatic carbocycles. The molecule has 3 rings (SSSR count). The Balaban J connectivity index is 0.00000145. The number of aryl methyl sites for hydroxylation is 1. The number of benzene rings is 2. The van der Waals surface area contributed by atoms with Crippen molar-refractivity contribution in [1.29, 1.82) is 5.26 Å². The van der Waals surface area contributed by atoms with E-state index in [1.807, 2.05) is 88.8 Å². The van der Waals surface area contributed by atoms with Crippen LogP contribution in [0.4, 0.5) is 5.69 Å². The van der Waals surface area contributed by atoms with Crippen molar-refractivity contribution in [2.24, 2.45) is 7.05 Å². The number of nitrogens with zero attached hydrogens (tertiary/aromatic N) is 3.